The summed E-state index contributed by atoms with van der Waals surface area (Å²) < 4.78 is 0. The highest BCUT2D eigenvalue weighted by Crippen LogP contribution is 2.57. The van der Waals surface area contributed by atoms with Crippen LogP contribution < -0.4 is 11.5 Å². The SMILES string of the molecule is NCCN(CCN)CCC1c2c(c3ccccc3c3ccccc23)-c2c1c1ccccc1c1ccccc21. The lowest BCUT2D eigenvalue weighted by Crippen LogP contribution is -2.35. The smallest absolute Gasteiger partial charge is 0.0127 e. The van der Waals surface area contributed by atoms with E-state index in [1.165, 1.54) is 65.3 Å². The number of hydrogen-bond donors (Lipinski definition) is 2. The van der Waals surface area contributed by atoms with Crippen molar-refractivity contribution in [3.05, 3.63) is 108 Å². The first-order chi connectivity index (χ1) is 18.8. The van der Waals surface area contributed by atoms with Crippen LogP contribution in [0.2, 0.25) is 0 Å². The maximum atomic E-state index is 5.99. The minimum atomic E-state index is 0.294. The van der Waals surface area contributed by atoms with E-state index in [-0.39, 0.29) is 0 Å². The molecule has 7 rings (SSSR count). The summed E-state index contributed by atoms with van der Waals surface area (Å²) in [5.41, 5.74) is 17.8. The van der Waals surface area contributed by atoms with Crippen molar-refractivity contribution in [2.24, 2.45) is 11.5 Å². The van der Waals surface area contributed by atoms with Gasteiger partial charge in [0, 0.05) is 32.1 Å². The molecule has 3 nitrogen and oxygen atoms in total. The third-order valence-corrected chi connectivity index (χ3v) is 8.52. The maximum Gasteiger partial charge on any atom is 0.0127 e. The molecule has 1 aliphatic carbocycles. The molecule has 0 aromatic heterocycles. The van der Waals surface area contributed by atoms with Gasteiger partial charge in [0.05, 0.1) is 0 Å². The van der Waals surface area contributed by atoms with Crippen LogP contribution >= 0.6 is 0 Å². The molecule has 0 bridgehead atoms. The number of nitrogens with two attached hydrogens (primary N) is 2. The van der Waals surface area contributed by atoms with Gasteiger partial charge in [0.2, 0.25) is 0 Å². The van der Waals surface area contributed by atoms with Crippen molar-refractivity contribution in [2.75, 3.05) is 32.7 Å². The zero-order chi connectivity index (χ0) is 25.6. The van der Waals surface area contributed by atoms with E-state index in [0.29, 0.717) is 19.0 Å². The molecule has 0 atom stereocenters. The molecule has 3 heteroatoms. The van der Waals surface area contributed by atoms with Gasteiger partial charge in [-0.3, -0.25) is 0 Å². The molecule has 6 aromatic rings. The van der Waals surface area contributed by atoms with Gasteiger partial charge in [0.15, 0.2) is 0 Å². The van der Waals surface area contributed by atoms with E-state index in [4.69, 9.17) is 11.5 Å². The highest BCUT2D eigenvalue weighted by molar-refractivity contribution is 6.25. The molecule has 0 spiro atoms. The lowest BCUT2D eigenvalue weighted by Gasteiger charge is -2.25. The normalized spacial score (nSPS) is 13.2. The molecule has 6 aromatic carbocycles. The molecule has 4 N–H and O–H groups in total. The lowest BCUT2D eigenvalue weighted by molar-refractivity contribution is 0.281. The van der Waals surface area contributed by atoms with E-state index in [0.717, 1.165) is 26.1 Å². The Morgan fingerprint density at radius 3 is 1.18 bits per heavy atom. The van der Waals surface area contributed by atoms with E-state index in [2.05, 4.69) is 102 Å². The summed E-state index contributed by atoms with van der Waals surface area (Å²) in [4.78, 5) is 2.43. The van der Waals surface area contributed by atoms with E-state index in [1.807, 2.05) is 0 Å². The van der Waals surface area contributed by atoms with Gasteiger partial charge < -0.3 is 16.4 Å². The zero-order valence-corrected chi connectivity index (χ0v) is 21.7. The molecule has 0 amide bonds. The number of benzene rings is 6. The fourth-order valence-corrected chi connectivity index (χ4v) is 7.04. The quantitative estimate of drug-likeness (QED) is 0.234. The van der Waals surface area contributed by atoms with Crippen LogP contribution in [0.15, 0.2) is 97.1 Å². The summed E-state index contributed by atoms with van der Waals surface area (Å²) in [5, 5.41) is 10.8. The molecular weight excluding hydrogens is 462 g/mol. The van der Waals surface area contributed by atoms with E-state index in [1.54, 1.807) is 0 Å². The number of hydrogen-bond acceptors (Lipinski definition) is 3. The molecule has 0 heterocycles. The van der Waals surface area contributed by atoms with Crippen molar-refractivity contribution in [2.45, 2.75) is 12.3 Å². The molecule has 0 fully saturated rings. The summed E-state index contributed by atoms with van der Waals surface area (Å²) in [6, 6.07) is 36.0. The van der Waals surface area contributed by atoms with Gasteiger partial charge in [0.25, 0.3) is 0 Å². The van der Waals surface area contributed by atoms with Crippen LogP contribution in [0.1, 0.15) is 23.5 Å². The van der Waals surface area contributed by atoms with Crippen LogP contribution in [-0.4, -0.2) is 37.6 Å². The van der Waals surface area contributed by atoms with Crippen molar-refractivity contribution in [3.8, 4) is 11.1 Å². The minimum absolute atomic E-state index is 0.294. The van der Waals surface area contributed by atoms with Gasteiger partial charge >= 0.3 is 0 Å². The van der Waals surface area contributed by atoms with Crippen LogP contribution in [0.4, 0.5) is 0 Å². The van der Waals surface area contributed by atoms with E-state index in [9.17, 15) is 0 Å². The van der Waals surface area contributed by atoms with Crippen molar-refractivity contribution < 1.29 is 0 Å². The Bertz CT molecular complexity index is 1690. The average molecular weight is 496 g/mol. The van der Waals surface area contributed by atoms with Crippen molar-refractivity contribution in [1.82, 2.24) is 4.90 Å². The molecule has 0 radical (unpaired) electrons. The van der Waals surface area contributed by atoms with Crippen molar-refractivity contribution >= 4 is 43.1 Å². The highest BCUT2D eigenvalue weighted by atomic mass is 15.1. The van der Waals surface area contributed by atoms with Crippen LogP contribution in [0, 0.1) is 0 Å². The lowest BCUT2D eigenvalue weighted by atomic mass is 9.85. The molecule has 0 saturated carbocycles. The Morgan fingerprint density at radius 1 is 0.447 bits per heavy atom. The van der Waals surface area contributed by atoms with Gasteiger partial charge in [-0.1, -0.05) is 97.1 Å². The third-order valence-electron chi connectivity index (χ3n) is 8.52. The molecule has 0 aliphatic heterocycles. The highest BCUT2D eigenvalue weighted by Gasteiger charge is 2.35. The average Bonchev–Trinajstić information content (AvgIpc) is 3.32. The molecule has 188 valence electrons. The first kappa shape index (κ1) is 23.4. The maximum absolute atomic E-state index is 5.99. The van der Waals surface area contributed by atoms with Crippen molar-refractivity contribution in [3.63, 3.8) is 0 Å². The minimum Gasteiger partial charge on any atom is -0.329 e. The third kappa shape index (κ3) is 3.47. The summed E-state index contributed by atoms with van der Waals surface area (Å²) in [7, 11) is 0. The molecule has 1 aliphatic rings. The largest absolute Gasteiger partial charge is 0.329 e. The van der Waals surface area contributed by atoms with E-state index < -0.39 is 0 Å². The number of fused-ring (bicyclic) bond motifs is 13. The predicted molar refractivity (Wildman–Crippen MR) is 163 cm³/mol. The fraction of sp³-hybridized carbons (Fsp3) is 0.200. The Balaban J connectivity index is 1.61. The molecule has 38 heavy (non-hydrogen) atoms. The summed E-state index contributed by atoms with van der Waals surface area (Å²) in [6.07, 6.45) is 1.03. The Hall–Kier alpha value is -3.76. The Kier molecular flexibility index (Phi) is 5.85. The van der Waals surface area contributed by atoms with Crippen LogP contribution in [0.3, 0.4) is 0 Å². The standard InChI is InChI=1S/C35H33N3/c36-18-21-38(22-19-37)20-17-31-32-27-13-5-1-9-23(27)25-11-3-7-15-29(25)34(32)35-30-16-8-4-12-26(30)24-10-2-6-14-28(24)33(31)35/h1-16,31H,17-22,36-37H2. The molecular formula is C35H33N3. The first-order valence-corrected chi connectivity index (χ1v) is 13.8. The van der Waals surface area contributed by atoms with Crippen molar-refractivity contribution in [1.29, 1.82) is 0 Å². The Morgan fingerprint density at radius 2 is 0.789 bits per heavy atom. The predicted octanol–water partition coefficient (Wildman–Crippen LogP) is 7.02. The van der Waals surface area contributed by atoms with Gasteiger partial charge in [-0.15, -0.1) is 0 Å². The van der Waals surface area contributed by atoms with Crippen LogP contribution in [0.5, 0.6) is 0 Å². The summed E-state index contributed by atoms with van der Waals surface area (Å²) >= 11 is 0. The monoisotopic (exact) mass is 495 g/mol. The van der Waals surface area contributed by atoms with Crippen LogP contribution in [-0.2, 0) is 0 Å². The van der Waals surface area contributed by atoms with Gasteiger partial charge in [0.1, 0.15) is 0 Å². The second kappa shape index (κ2) is 9.52. The second-order valence-corrected chi connectivity index (χ2v) is 10.5. The van der Waals surface area contributed by atoms with Gasteiger partial charge in [-0.2, -0.15) is 0 Å². The first-order valence-electron chi connectivity index (χ1n) is 13.8. The Labute approximate surface area is 223 Å². The topological polar surface area (TPSA) is 55.3 Å². The fourth-order valence-electron chi connectivity index (χ4n) is 7.04. The molecule has 0 unspecified atom stereocenters. The summed E-state index contributed by atoms with van der Waals surface area (Å²) in [6.45, 7) is 4.03. The van der Waals surface area contributed by atoms with Gasteiger partial charge in [-0.25, -0.2) is 0 Å². The molecule has 0 saturated heterocycles. The van der Waals surface area contributed by atoms with E-state index >= 15 is 0 Å². The summed E-state index contributed by atoms with van der Waals surface area (Å²) in [5.74, 6) is 0.294. The number of nitrogens with zero attached hydrogens (tertiary/aromatic N) is 1. The number of rotatable bonds is 7. The zero-order valence-electron chi connectivity index (χ0n) is 21.7. The second-order valence-electron chi connectivity index (χ2n) is 10.5. The van der Waals surface area contributed by atoms with Gasteiger partial charge in [-0.05, 0) is 78.3 Å². The van der Waals surface area contributed by atoms with Crippen LogP contribution in [0.25, 0.3) is 54.2 Å².